The Morgan fingerprint density at radius 1 is 1.33 bits per heavy atom. The number of benzene rings is 2. The standard InChI is InChI=1S/C19H20FNO2S/c1-19(23,13-5-3-2-4-6-13)12-18(22)21-16-9-10-24-17-8-7-14(20)11-15(16)17/h2-8,11,16,23H,9-10,12H2,1H3,(H,21,22). The van der Waals surface area contributed by atoms with E-state index in [-0.39, 0.29) is 24.2 Å². The number of halogens is 1. The van der Waals surface area contributed by atoms with Crippen LogP contribution in [-0.2, 0) is 10.4 Å². The van der Waals surface area contributed by atoms with Gasteiger partial charge in [0.05, 0.1) is 18.1 Å². The number of fused-ring (bicyclic) bond motifs is 1. The van der Waals surface area contributed by atoms with E-state index in [1.54, 1.807) is 36.9 Å². The van der Waals surface area contributed by atoms with Crippen molar-refractivity contribution in [1.82, 2.24) is 5.32 Å². The first-order chi connectivity index (χ1) is 11.5. The van der Waals surface area contributed by atoms with Crippen molar-refractivity contribution in [2.45, 2.75) is 36.3 Å². The number of carbonyl (C=O) groups excluding carboxylic acids is 1. The largest absolute Gasteiger partial charge is 0.385 e. The van der Waals surface area contributed by atoms with Crippen LogP contribution in [0.1, 0.15) is 36.9 Å². The first-order valence-electron chi connectivity index (χ1n) is 7.95. The minimum atomic E-state index is -1.24. The topological polar surface area (TPSA) is 49.3 Å². The van der Waals surface area contributed by atoms with Crippen LogP contribution in [0.25, 0.3) is 0 Å². The zero-order valence-corrected chi connectivity index (χ0v) is 14.3. The van der Waals surface area contributed by atoms with E-state index >= 15 is 0 Å². The third kappa shape index (κ3) is 3.79. The second-order valence-corrected chi connectivity index (χ2v) is 7.39. The number of amides is 1. The minimum Gasteiger partial charge on any atom is -0.385 e. The summed E-state index contributed by atoms with van der Waals surface area (Å²) in [5, 5.41) is 13.5. The van der Waals surface area contributed by atoms with E-state index in [9.17, 15) is 14.3 Å². The number of nitrogens with one attached hydrogen (secondary N) is 1. The Kier molecular flexibility index (Phi) is 4.92. The Hall–Kier alpha value is -1.85. The normalized spacial score (nSPS) is 19.2. The Labute approximate surface area is 145 Å². The molecule has 2 atom stereocenters. The third-order valence-electron chi connectivity index (χ3n) is 4.25. The number of rotatable bonds is 4. The lowest BCUT2D eigenvalue weighted by atomic mass is 9.92. The van der Waals surface area contributed by atoms with Gasteiger partial charge in [-0.3, -0.25) is 4.79 Å². The number of hydrogen-bond acceptors (Lipinski definition) is 3. The van der Waals surface area contributed by atoms with Gasteiger partial charge >= 0.3 is 0 Å². The number of hydrogen-bond donors (Lipinski definition) is 2. The molecular formula is C19H20FNO2S. The molecule has 5 heteroatoms. The fraction of sp³-hybridized carbons (Fsp3) is 0.316. The van der Waals surface area contributed by atoms with Gasteiger partial charge in [-0.05, 0) is 42.7 Å². The van der Waals surface area contributed by atoms with Crippen molar-refractivity contribution in [1.29, 1.82) is 0 Å². The molecule has 2 aromatic rings. The van der Waals surface area contributed by atoms with Crippen LogP contribution >= 0.6 is 11.8 Å². The molecule has 0 saturated heterocycles. The highest BCUT2D eigenvalue weighted by atomic mass is 32.2. The molecule has 0 bridgehead atoms. The number of aliphatic hydroxyl groups is 1. The smallest absolute Gasteiger partial charge is 0.223 e. The summed E-state index contributed by atoms with van der Waals surface area (Å²) >= 11 is 1.67. The summed E-state index contributed by atoms with van der Waals surface area (Å²) in [5.41, 5.74) is 0.282. The predicted octanol–water partition coefficient (Wildman–Crippen LogP) is 3.78. The zero-order chi connectivity index (χ0) is 17.2. The Balaban J connectivity index is 1.71. The van der Waals surface area contributed by atoms with E-state index < -0.39 is 5.60 Å². The summed E-state index contributed by atoms with van der Waals surface area (Å²) in [5.74, 6) is 0.335. The SMILES string of the molecule is CC(O)(CC(=O)NC1CCSc2ccc(F)cc21)c1ccccc1. The van der Waals surface area contributed by atoms with Gasteiger partial charge in [-0.15, -0.1) is 11.8 Å². The summed E-state index contributed by atoms with van der Waals surface area (Å²) in [6, 6.07) is 13.6. The van der Waals surface area contributed by atoms with Crippen molar-refractivity contribution in [3.05, 3.63) is 65.5 Å². The lowest BCUT2D eigenvalue weighted by Gasteiger charge is -2.28. The van der Waals surface area contributed by atoms with Crippen LogP contribution in [0.5, 0.6) is 0 Å². The number of carbonyl (C=O) groups is 1. The van der Waals surface area contributed by atoms with Gasteiger partial charge in [-0.2, -0.15) is 0 Å². The van der Waals surface area contributed by atoms with Crippen molar-refractivity contribution in [2.75, 3.05) is 5.75 Å². The van der Waals surface area contributed by atoms with Gasteiger partial charge in [-0.25, -0.2) is 4.39 Å². The molecule has 0 aliphatic carbocycles. The molecule has 1 heterocycles. The molecule has 2 aromatic carbocycles. The maximum atomic E-state index is 13.5. The molecule has 1 aliphatic heterocycles. The van der Waals surface area contributed by atoms with Crippen LogP contribution in [0.2, 0.25) is 0 Å². The van der Waals surface area contributed by atoms with Crippen LogP contribution in [-0.4, -0.2) is 16.8 Å². The second kappa shape index (κ2) is 6.95. The molecule has 126 valence electrons. The van der Waals surface area contributed by atoms with E-state index in [2.05, 4.69) is 5.32 Å². The molecule has 1 aliphatic rings. The minimum absolute atomic E-state index is 0.0364. The Morgan fingerprint density at radius 2 is 2.08 bits per heavy atom. The van der Waals surface area contributed by atoms with E-state index in [0.29, 0.717) is 5.56 Å². The van der Waals surface area contributed by atoms with Gasteiger partial charge in [-0.1, -0.05) is 30.3 Å². The summed E-state index contributed by atoms with van der Waals surface area (Å²) in [6.07, 6.45) is 0.714. The third-order valence-corrected chi connectivity index (χ3v) is 5.37. The Bertz CT molecular complexity index is 733. The highest BCUT2D eigenvalue weighted by molar-refractivity contribution is 7.99. The molecule has 24 heavy (non-hydrogen) atoms. The molecule has 3 rings (SSSR count). The summed E-state index contributed by atoms with van der Waals surface area (Å²) in [7, 11) is 0. The van der Waals surface area contributed by atoms with Crippen molar-refractivity contribution < 1.29 is 14.3 Å². The number of thioether (sulfide) groups is 1. The van der Waals surface area contributed by atoms with Gasteiger partial charge in [0, 0.05) is 10.6 Å². The van der Waals surface area contributed by atoms with Gasteiger partial charge in [0.15, 0.2) is 0 Å². The molecule has 0 radical (unpaired) electrons. The molecule has 0 fully saturated rings. The van der Waals surface area contributed by atoms with Crippen LogP contribution in [0.15, 0.2) is 53.4 Å². The first kappa shape index (κ1) is 17.0. The maximum Gasteiger partial charge on any atom is 0.223 e. The lowest BCUT2D eigenvalue weighted by molar-refractivity contribution is -0.126. The maximum absolute atomic E-state index is 13.5. The average molecular weight is 345 g/mol. The van der Waals surface area contributed by atoms with Gasteiger partial charge in [0.25, 0.3) is 0 Å². The highest BCUT2D eigenvalue weighted by Gasteiger charge is 2.29. The van der Waals surface area contributed by atoms with Crippen molar-refractivity contribution in [3.8, 4) is 0 Å². The molecular weight excluding hydrogens is 325 g/mol. The van der Waals surface area contributed by atoms with Crippen LogP contribution < -0.4 is 5.32 Å². The molecule has 2 N–H and O–H groups in total. The fourth-order valence-corrected chi connectivity index (χ4v) is 4.08. The molecule has 3 nitrogen and oxygen atoms in total. The fourth-order valence-electron chi connectivity index (χ4n) is 2.97. The van der Waals surface area contributed by atoms with Crippen molar-refractivity contribution in [2.24, 2.45) is 0 Å². The molecule has 0 spiro atoms. The average Bonchev–Trinajstić information content (AvgIpc) is 2.56. The van der Waals surface area contributed by atoms with E-state index in [0.717, 1.165) is 22.6 Å². The van der Waals surface area contributed by atoms with E-state index in [1.807, 2.05) is 18.2 Å². The molecule has 0 saturated carbocycles. The van der Waals surface area contributed by atoms with E-state index in [1.165, 1.54) is 12.1 Å². The predicted molar refractivity (Wildman–Crippen MR) is 93.3 cm³/mol. The van der Waals surface area contributed by atoms with Crippen LogP contribution in [0, 0.1) is 5.82 Å². The van der Waals surface area contributed by atoms with Crippen LogP contribution in [0.3, 0.4) is 0 Å². The lowest BCUT2D eigenvalue weighted by Crippen LogP contribution is -2.36. The van der Waals surface area contributed by atoms with Gasteiger partial charge < -0.3 is 10.4 Å². The molecule has 1 amide bonds. The Morgan fingerprint density at radius 3 is 2.83 bits per heavy atom. The van der Waals surface area contributed by atoms with Crippen molar-refractivity contribution >= 4 is 17.7 Å². The zero-order valence-electron chi connectivity index (χ0n) is 13.5. The quantitative estimate of drug-likeness (QED) is 0.887. The summed E-state index contributed by atoms with van der Waals surface area (Å²) in [6.45, 7) is 1.63. The molecule has 0 aromatic heterocycles. The second-order valence-electron chi connectivity index (χ2n) is 6.26. The van der Waals surface area contributed by atoms with Crippen molar-refractivity contribution in [3.63, 3.8) is 0 Å². The first-order valence-corrected chi connectivity index (χ1v) is 8.94. The van der Waals surface area contributed by atoms with E-state index in [4.69, 9.17) is 0 Å². The van der Waals surface area contributed by atoms with Crippen LogP contribution in [0.4, 0.5) is 4.39 Å². The summed E-state index contributed by atoms with van der Waals surface area (Å²) in [4.78, 5) is 13.4. The molecule has 2 unspecified atom stereocenters. The monoisotopic (exact) mass is 345 g/mol. The summed E-state index contributed by atoms with van der Waals surface area (Å²) < 4.78 is 13.5. The van der Waals surface area contributed by atoms with Gasteiger partial charge in [0.1, 0.15) is 5.82 Å². The van der Waals surface area contributed by atoms with Gasteiger partial charge in [0.2, 0.25) is 5.91 Å². The highest BCUT2D eigenvalue weighted by Crippen LogP contribution is 2.36.